The smallest absolute Gasteiger partial charge is 0.159 e. The standard InChI is InChI=1S/C28H34ClN2O2PS2/c1-27(2,3)36(33)31-16-20(15-28(31)8-5-9-28)30-10-4-6-18-12-19(29)13-23(25(18)30)22-7-11-34(36)24-14-21(17-32)35-26(22)24/h7,11-14,20,32H,4-6,8-10,15-17H2,1-3H3/t20-,36?/m0/s1. The van der Waals surface area contributed by atoms with Crippen molar-refractivity contribution in [3.8, 4) is 0 Å². The highest BCUT2D eigenvalue weighted by Crippen LogP contribution is 2.58. The molecule has 1 saturated heterocycles. The van der Waals surface area contributed by atoms with E-state index in [-0.39, 0.29) is 16.9 Å². The molecule has 4 bridgehead atoms. The minimum atomic E-state index is -2.45. The molecule has 3 unspecified atom stereocenters. The number of hydrogen-bond donors (Lipinski definition) is 1. The molecule has 0 radical (unpaired) electrons. The number of aliphatic hydroxyl groups excluding tert-OH is 1. The van der Waals surface area contributed by atoms with Gasteiger partial charge in [0.25, 0.3) is 0 Å². The number of aryl methyl sites for hydroxylation is 1. The number of fused-ring (bicyclic) bond motifs is 1. The molecule has 1 aromatic carbocycles. The number of hydrogen-bond acceptors (Lipinski definition) is 3. The Bertz CT molecular complexity index is 1440. The lowest BCUT2D eigenvalue weighted by molar-refractivity contribution is 0.130. The Hall–Kier alpha value is -1.01. The Kier molecular flexibility index (Phi) is 5.35. The van der Waals surface area contributed by atoms with E-state index < -0.39 is 16.0 Å². The molecule has 1 spiro atoms. The molecule has 0 amide bonds. The quantitative estimate of drug-likeness (QED) is 0.253. The van der Waals surface area contributed by atoms with Gasteiger partial charge in [-0.05, 0) is 77.1 Å². The number of nitrogens with zero attached hydrogens (tertiary/aromatic N) is 2. The van der Waals surface area contributed by atoms with Gasteiger partial charge >= 0.3 is 0 Å². The fraction of sp³-hybridized carbons (Fsp3) is 0.536. The maximum atomic E-state index is 15.8. The van der Waals surface area contributed by atoms with Gasteiger partial charge in [-0.1, -0.05) is 29.3 Å². The molecule has 6 aliphatic rings. The Morgan fingerprint density at radius 3 is 2.83 bits per heavy atom. The predicted octanol–water partition coefficient (Wildman–Crippen LogP) is 6.28. The van der Waals surface area contributed by atoms with E-state index in [0.717, 1.165) is 55.1 Å². The summed E-state index contributed by atoms with van der Waals surface area (Å²) in [5, 5.41) is 12.1. The molecule has 5 aliphatic heterocycles. The zero-order valence-corrected chi connectivity index (χ0v) is 24.5. The SMILES string of the molecule is CC(C)(C)S1(=O)=[P+]2[CH-]C=C(c3cc(Cl)cc4c3N(CCC4)[C@@H]3CN1C1(CCC1)C3)c1[s+][c-](CO)cc12. The minimum Gasteiger partial charge on any atom is -0.399 e. The van der Waals surface area contributed by atoms with Crippen LogP contribution >= 0.6 is 29.6 Å². The molecule has 1 aliphatic carbocycles. The fourth-order valence-corrected chi connectivity index (χ4v) is 18.3. The van der Waals surface area contributed by atoms with Crippen LogP contribution in [0, 0.1) is 6.16 Å². The molecule has 8 heteroatoms. The maximum Gasteiger partial charge on any atom is 0.159 e. The van der Waals surface area contributed by atoms with Crippen LogP contribution in [0.25, 0.3) is 5.57 Å². The topological polar surface area (TPSA) is 43.8 Å². The summed E-state index contributed by atoms with van der Waals surface area (Å²) in [6, 6.07) is 6.85. The summed E-state index contributed by atoms with van der Waals surface area (Å²) in [4.78, 5) is 4.80. The van der Waals surface area contributed by atoms with Crippen LogP contribution in [0.1, 0.15) is 73.8 Å². The first-order chi connectivity index (χ1) is 17.2. The number of halogens is 1. The Balaban J connectivity index is 1.62. The van der Waals surface area contributed by atoms with Crippen molar-refractivity contribution in [2.24, 2.45) is 0 Å². The summed E-state index contributed by atoms with van der Waals surface area (Å²) in [6.45, 7) is 7.42. The van der Waals surface area contributed by atoms with Crippen molar-refractivity contribution >= 4 is 55.5 Å². The van der Waals surface area contributed by atoms with E-state index in [2.05, 4.69) is 60.4 Å². The van der Waals surface area contributed by atoms with Gasteiger partial charge in [-0.15, -0.1) is 0 Å². The first kappa shape index (κ1) is 24.1. The highest BCUT2D eigenvalue weighted by molar-refractivity contribution is 8.32. The molecular weight excluding hydrogens is 527 g/mol. The van der Waals surface area contributed by atoms with Crippen LogP contribution in [-0.2, 0) is 22.3 Å². The number of anilines is 1. The molecule has 1 saturated carbocycles. The third-order valence-corrected chi connectivity index (χ3v) is 19.8. The predicted molar refractivity (Wildman–Crippen MR) is 155 cm³/mol. The molecule has 6 heterocycles. The van der Waals surface area contributed by atoms with Gasteiger partial charge in [-0.25, -0.2) is 4.21 Å². The van der Waals surface area contributed by atoms with Gasteiger partial charge in [-0.3, -0.25) is 0 Å². The first-order valence-electron chi connectivity index (χ1n) is 13.2. The molecule has 4 nitrogen and oxygen atoms in total. The number of benzene rings is 1. The van der Waals surface area contributed by atoms with E-state index >= 15 is 4.21 Å². The maximum absolute atomic E-state index is 15.8. The average molecular weight is 561 g/mol. The summed E-state index contributed by atoms with van der Waals surface area (Å²) in [6.07, 6.45) is 11.3. The van der Waals surface area contributed by atoms with E-state index in [1.165, 1.54) is 39.0 Å². The van der Waals surface area contributed by atoms with Gasteiger partial charge in [0.2, 0.25) is 0 Å². The van der Waals surface area contributed by atoms with E-state index in [4.69, 9.17) is 11.6 Å². The van der Waals surface area contributed by atoms with Crippen LogP contribution in [-0.4, -0.2) is 43.0 Å². The van der Waals surface area contributed by atoms with E-state index in [1.54, 1.807) is 11.3 Å². The van der Waals surface area contributed by atoms with E-state index in [1.807, 2.05) is 0 Å². The van der Waals surface area contributed by atoms with Crippen molar-refractivity contribution in [2.45, 2.75) is 82.2 Å². The van der Waals surface area contributed by atoms with Gasteiger partial charge in [0.15, 0.2) is 9.30 Å². The van der Waals surface area contributed by atoms with Gasteiger partial charge in [-0.2, -0.15) is 16.0 Å². The number of thiophene rings is 1. The normalized spacial score (nSPS) is 30.8. The molecule has 192 valence electrons. The molecule has 8 rings (SSSR count). The van der Waals surface area contributed by atoms with Crippen LogP contribution in [0.4, 0.5) is 5.69 Å². The Labute approximate surface area is 224 Å². The number of allylic oxidation sites excluding steroid dienone is 1. The summed E-state index contributed by atoms with van der Waals surface area (Å²) in [5.41, 5.74) is 5.11. The van der Waals surface area contributed by atoms with Gasteiger partial charge in [0, 0.05) is 35.4 Å². The van der Waals surface area contributed by atoms with Gasteiger partial charge in [0.05, 0.1) is 39.6 Å². The van der Waals surface area contributed by atoms with Gasteiger partial charge in [0.1, 0.15) is 4.88 Å². The molecule has 2 aromatic rings. The van der Waals surface area contributed by atoms with Crippen LogP contribution in [0.15, 0.2) is 24.3 Å². The molecule has 1 N–H and O–H groups in total. The molecule has 1 aromatic heterocycles. The largest absolute Gasteiger partial charge is 0.399 e. The third-order valence-electron chi connectivity index (χ3n) is 8.96. The lowest BCUT2D eigenvalue weighted by Gasteiger charge is -2.48. The van der Waals surface area contributed by atoms with Crippen LogP contribution in [0.5, 0.6) is 0 Å². The first-order valence-corrected chi connectivity index (χ1v) is 17.9. The van der Waals surface area contributed by atoms with Crippen molar-refractivity contribution in [1.29, 1.82) is 0 Å². The molecule has 36 heavy (non-hydrogen) atoms. The lowest BCUT2D eigenvalue weighted by atomic mass is 9.75. The number of rotatable bonds is 1. The third kappa shape index (κ3) is 3.12. The summed E-state index contributed by atoms with van der Waals surface area (Å²) < 4.78 is 18.0. The highest BCUT2D eigenvalue weighted by Gasteiger charge is 2.59. The molecular formula is C28H34ClN2O2PS2. The monoisotopic (exact) mass is 560 g/mol. The zero-order chi connectivity index (χ0) is 25.0. The average Bonchev–Trinajstić information content (AvgIpc) is 3.43. The summed E-state index contributed by atoms with van der Waals surface area (Å²) in [5.74, 6) is 0. The molecule has 2 fully saturated rings. The van der Waals surface area contributed by atoms with Crippen LogP contribution in [0.2, 0.25) is 5.02 Å². The van der Waals surface area contributed by atoms with Crippen molar-refractivity contribution < 1.29 is 9.32 Å². The Morgan fingerprint density at radius 2 is 2.14 bits per heavy atom. The van der Waals surface area contributed by atoms with Crippen molar-refractivity contribution in [1.82, 2.24) is 4.31 Å². The lowest BCUT2D eigenvalue weighted by Crippen LogP contribution is -2.55. The highest BCUT2D eigenvalue weighted by atomic mass is 35.5. The van der Waals surface area contributed by atoms with Gasteiger partial charge < -0.3 is 10.0 Å². The second kappa shape index (κ2) is 8.00. The van der Waals surface area contributed by atoms with Crippen molar-refractivity contribution in [2.75, 3.05) is 18.0 Å². The Morgan fingerprint density at radius 1 is 1.33 bits per heavy atom. The van der Waals surface area contributed by atoms with Crippen LogP contribution in [0.3, 0.4) is 0 Å². The second-order valence-corrected chi connectivity index (χ2v) is 20.3. The van der Waals surface area contributed by atoms with E-state index in [0.29, 0.717) is 6.04 Å². The zero-order valence-electron chi connectivity index (χ0n) is 21.2. The summed E-state index contributed by atoms with van der Waals surface area (Å²) in [7, 11) is -2.45. The van der Waals surface area contributed by atoms with Crippen molar-refractivity contribution in [3.63, 3.8) is 0 Å². The minimum absolute atomic E-state index is 0.0142. The van der Waals surface area contributed by atoms with E-state index in [9.17, 15) is 5.11 Å². The molecule has 4 atom stereocenters. The number of aliphatic hydroxyl groups is 1. The van der Waals surface area contributed by atoms with Crippen molar-refractivity contribution in [3.05, 3.63) is 56.3 Å². The van der Waals surface area contributed by atoms with Crippen LogP contribution < -0.4 is 10.2 Å². The second-order valence-electron chi connectivity index (χ2n) is 12.0. The summed E-state index contributed by atoms with van der Waals surface area (Å²) >= 11 is 8.41. The fourth-order valence-electron chi connectivity index (χ4n) is 7.23.